The molecule has 3 heterocycles. The highest BCUT2D eigenvalue weighted by Crippen LogP contribution is 2.37. The highest BCUT2D eigenvalue weighted by molar-refractivity contribution is 7.89. The normalized spacial score (nSPS) is 21.7. The van der Waals surface area contributed by atoms with Crippen LogP contribution in [0.5, 0.6) is 0 Å². The number of sulfonamides is 1. The molecule has 0 bridgehead atoms. The summed E-state index contributed by atoms with van der Waals surface area (Å²) in [6.45, 7) is 3.50. The minimum absolute atomic E-state index is 0.121. The van der Waals surface area contributed by atoms with Crippen LogP contribution in [-0.4, -0.2) is 53.1 Å². The molecule has 4 rings (SSSR count). The summed E-state index contributed by atoms with van der Waals surface area (Å²) in [5.41, 5.74) is -0.304. The van der Waals surface area contributed by atoms with Crippen molar-refractivity contribution in [2.45, 2.75) is 50.0 Å². The van der Waals surface area contributed by atoms with Gasteiger partial charge in [-0.25, -0.2) is 13.1 Å². The second-order valence-corrected chi connectivity index (χ2v) is 9.94. The number of carbonyl (C=O) groups is 1. The Morgan fingerprint density at radius 1 is 1.31 bits per heavy atom. The molecule has 1 saturated carbocycles. The summed E-state index contributed by atoms with van der Waals surface area (Å²) in [7, 11) is -3.96. The van der Waals surface area contributed by atoms with Gasteiger partial charge in [0.2, 0.25) is 0 Å². The van der Waals surface area contributed by atoms with Gasteiger partial charge >= 0.3 is 6.18 Å². The second kappa shape index (κ2) is 7.63. The summed E-state index contributed by atoms with van der Waals surface area (Å²) in [4.78, 5) is 16.7. The number of halogens is 3. The van der Waals surface area contributed by atoms with Gasteiger partial charge < -0.3 is 9.88 Å². The van der Waals surface area contributed by atoms with E-state index in [2.05, 4.69) is 20.9 Å². The minimum atomic E-state index is -4.49. The Morgan fingerprint density at radius 2 is 1.97 bits per heavy atom. The number of aromatic nitrogens is 3. The van der Waals surface area contributed by atoms with E-state index >= 15 is 0 Å². The number of aryl methyl sites for hydroxylation is 2. The van der Waals surface area contributed by atoms with Crippen molar-refractivity contribution in [1.29, 1.82) is 5.26 Å². The third-order valence-electron chi connectivity index (χ3n) is 5.89. The van der Waals surface area contributed by atoms with Crippen LogP contribution in [0.1, 0.15) is 46.2 Å². The molecule has 2 fully saturated rings. The van der Waals surface area contributed by atoms with Gasteiger partial charge in [-0.05, 0) is 32.8 Å². The van der Waals surface area contributed by atoms with Gasteiger partial charge in [-0.3, -0.25) is 9.48 Å². The molecule has 1 amide bonds. The predicted octanol–water partition coefficient (Wildman–Crippen LogP) is 2.12. The van der Waals surface area contributed by atoms with Crippen molar-refractivity contribution < 1.29 is 26.4 Å². The van der Waals surface area contributed by atoms with Crippen LogP contribution in [0.4, 0.5) is 13.2 Å². The first-order valence-corrected chi connectivity index (χ1v) is 11.4. The fraction of sp³-hybridized carbons (Fsp3) is 0.526. The van der Waals surface area contributed by atoms with Gasteiger partial charge in [0.1, 0.15) is 5.03 Å². The average Bonchev–Trinajstić information content (AvgIpc) is 3.20. The first-order valence-electron chi connectivity index (χ1n) is 9.93. The molecule has 2 aliphatic rings. The Kier molecular flexibility index (Phi) is 5.33. The van der Waals surface area contributed by atoms with E-state index < -0.39 is 27.8 Å². The largest absolute Gasteiger partial charge is 0.419 e. The maximum Gasteiger partial charge on any atom is 0.419 e. The van der Waals surface area contributed by atoms with Crippen LogP contribution < -0.4 is 4.72 Å². The van der Waals surface area contributed by atoms with E-state index in [0.29, 0.717) is 31.6 Å². The third-order valence-corrected chi connectivity index (χ3v) is 7.34. The lowest BCUT2D eigenvalue weighted by Crippen LogP contribution is -2.49. The zero-order valence-corrected chi connectivity index (χ0v) is 18.1. The molecule has 0 radical (unpaired) electrons. The highest BCUT2D eigenvalue weighted by Gasteiger charge is 2.39. The molecule has 0 atom stereocenters. The SMILES string of the molecule is Cc1nn(C2CC(NS(=O)(=O)c3cc(C(=O)N4CC(C#N)C4)c(C)[nH]3)C2)cc1C(F)(F)F. The number of rotatable bonds is 5. The van der Waals surface area contributed by atoms with E-state index in [1.54, 1.807) is 6.92 Å². The van der Waals surface area contributed by atoms with Gasteiger partial charge in [0.15, 0.2) is 0 Å². The molecule has 1 aliphatic carbocycles. The van der Waals surface area contributed by atoms with Crippen LogP contribution in [0.15, 0.2) is 17.3 Å². The summed E-state index contributed by atoms with van der Waals surface area (Å²) in [6.07, 6.45) is -2.94. The van der Waals surface area contributed by atoms with Crippen LogP contribution in [0, 0.1) is 31.1 Å². The molecule has 2 aromatic rings. The number of alkyl halides is 3. The van der Waals surface area contributed by atoms with Gasteiger partial charge in [0.25, 0.3) is 15.9 Å². The molecule has 9 nitrogen and oxygen atoms in total. The number of hydrogen-bond acceptors (Lipinski definition) is 5. The molecule has 0 unspecified atom stereocenters. The number of nitrogens with zero attached hydrogens (tertiary/aromatic N) is 4. The summed E-state index contributed by atoms with van der Waals surface area (Å²) in [5.74, 6) is -0.551. The van der Waals surface area contributed by atoms with Crippen LogP contribution in [-0.2, 0) is 16.2 Å². The van der Waals surface area contributed by atoms with E-state index in [0.717, 1.165) is 6.20 Å². The van der Waals surface area contributed by atoms with Crippen molar-refractivity contribution in [1.82, 2.24) is 24.4 Å². The highest BCUT2D eigenvalue weighted by atomic mass is 32.2. The van der Waals surface area contributed by atoms with Gasteiger partial charge in [-0.15, -0.1) is 0 Å². The number of likely N-dealkylation sites (tertiary alicyclic amines) is 1. The number of H-pyrrole nitrogens is 1. The zero-order chi connectivity index (χ0) is 23.4. The lowest BCUT2D eigenvalue weighted by molar-refractivity contribution is -0.138. The first-order chi connectivity index (χ1) is 14.9. The smallest absolute Gasteiger partial charge is 0.348 e. The minimum Gasteiger partial charge on any atom is -0.348 e. The van der Waals surface area contributed by atoms with Gasteiger partial charge in [0.05, 0.1) is 34.8 Å². The molecule has 1 aliphatic heterocycles. The zero-order valence-electron chi connectivity index (χ0n) is 17.3. The van der Waals surface area contributed by atoms with Gasteiger partial charge in [0, 0.05) is 31.0 Å². The maximum absolute atomic E-state index is 12.9. The van der Waals surface area contributed by atoms with E-state index in [-0.39, 0.29) is 34.2 Å². The fourth-order valence-corrected chi connectivity index (χ4v) is 5.24. The average molecular weight is 470 g/mol. The molecule has 0 aromatic carbocycles. The van der Waals surface area contributed by atoms with Crippen molar-refractivity contribution in [2.75, 3.05) is 13.1 Å². The Bertz CT molecular complexity index is 1200. The van der Waals surface area contributed by atoms with E-state index in [4.69, 9.17) is 5.26 Å². The summed E-state index contributed by atoms with van der Waals surface area (Å²) in [5, 5.41) is 12.6. The Hall–Kier alpha value is -2.85. The topological polar surface area (TPSA) is 124 Å². The van der Waals surface area contributed by atoms with Gasteiger partial charge in [-0.2, -0.15) is 23.5 Å². The van der Waals surface area contributed by atoms with E-state index in [1.807, 2.05) is 0 Å². The van der Waals surface area contributed by atoms with Crippen molar-refractivity contribution >= 4 is 15.9 Å². The van der Waals surface area contributed by atoms with Gasteiger partial charge in [-0.1, -0.05) is 0 Å². The molecule has 1 saturated heterocycles. The fourth-order valence-electron chi connectivity index (χ4n) is 3.92. The first kappa shape index (κ1) is 22.3. The van der Waals surface area contributed by atoms with Crippen LogP contribution >= 0.6 is 0 Å². The van der Waals surface area contributed by atoms with Crippen LogP contribution in [0.2, 0.25) is 0 Å². The van der Waals surface area contributed by atoms with E-state index in [9.17, 15) is 26.4 Å². The van der Waals surface area contributed by atoms with Crippen molar-refractivity contribution in [3.05, 3.63) is 34.8 Å². The molecule has 32 heavy (non-hydrogen) atoms. The molecule has 172 valence electrons. The molecule has 2 N–H and O–H groups in total. The third kappa shape index (κ3) is 4.00. The number of nitrogens with one attached hydrogen (secondary N) is 2. The molecule has 2 aromatic heterocycles. The predicted molar refractivity (Wildman–Crippen MR) is 105 cm³/mol. The van der Waals surface area contributed by atoms with E-state index in [1.165, 1.54) is 22.6 Å². The molecular weight excluding hydrogens is 449 g/mol. The lowest BCUT2D eigenvalue weighted by atomic mass is 9.88. The standard InChI is InChI=1S/C19H21F3N6O3S/c1-10-15(18(29)27-7-12(6-23)8-27)5-17(24-10)32(30,31)26-13-3-14(4-13)28-9-16(11(2)25-28)19(20,21)22/h5,9,12-14,24,26H,3-4,7-8H2,1-2H3. The summed E-state index contributed by atoms with van der Waals surface area (Å²) >= 11 is 0. The Labute approximate surface area is 182 Å². The quantitative estimate of drug-likeness (QED) is 0.693. The van der Waals surface area contributed by atoms with Crippen LogP contribution in [0.25, 0.3) is 0 Å². The number of carbonyl (C=O) groups excluding carboxylic acids is 1. The number of amides is 1. The van der Waals surface area contributed by atoms with Crippen molar-refractivity contribution in [3.8, 4) is 6.07 Å². The molecule has 13 heteroatoms. The monoisotopic (exact) mass is 470 g/mol. The lowest BCUT2D eigenvalue weighted by Gasteiger charge is -2.35. The summed E-state index contributed by atoms with van der Waals surface area (Å²) in [6, 6.07) is 2.55. The number of aromatic amines is 1. The Balaban J connectivity index is 1.39. The number of nitriles is 1. The molecule has 0 spiro atoms. The Morgan fingerprint density at radius 3 is 2.53 bits per heavy atom. The maximum atomic E-state index is 12.9. The summed E-state index contributed by atoms with van der Waals surface area (Å²) < 4.78 is 68.1. The second-order valence-electron chi connectivity index (χ2n) is 8.26. The number of hydrogen-bond donors (Lipinski definition) is 2. The van der Waals surface area contributed by atoms with Crippen LogP contribution in [0.3, 0.4) is 0 Å². The van der Waals surface area contributed by atoms with Crippen molar-refractivity contribution in [3.63, 3.8) is 0 Å². The molecular formula is C19H21F3N6O3S. The van der Waals surface area contributed by atoms with Crippen molar-refractivity contribution in [2.24, 2.45) is 5.92 Å².